The van der Waals surface area contributed by atoms with Crippen molar-refractivity contribution in [2.24, 2.45) is 5.73 Å². The highest BCUT2D eigenvalue weighted by Gasteiger charge is 2.29. The topological polar surface area (TPSA) is 61.5 Å². The van der Waals surface area contributed by atoms with Crippen LogP contribution in [0.2, 0.25) is 0 Å². The van der Waals surface area contributed by atoms with Crippen LogP contribution in [0, 0.1) is 0 Å². The SMILES string of the molecule is COC(=O)C(C)(N)CCOC1CCCCCC1. The maximum atomic E-state index is 11.4. The first-order valence-corrected chi connectivity index (χ1v) is 6.55. The van der Waals surface area contributed by atoms with E-state index in [2.05, 4.69) is 4.74 Å². The van der Waals surface area contributed by atoms with Gasteiger partial charge >= 0.3 is 5.97 Å². The minimum Gasteiger partial charge on any atom is -0.468 e. The second-order valence-corrected chi connectivity index (χ2v) is 5.14. The van der Waals surface area contributed by atoms with Crippen LogP contribution in [0.15, 0.2) is 0 Å². The van der Waals surface area contributed by atoms with Crippen LogP contribution in [0.4, 0.5) is 0 Å². The third kappa shape index (κ3) is 5.04. The molecule has 1 rings (SSSR count). The van der Waals surface area contributed by atoms with E-state index in [-0.39, 0.29) is 5.97 Å². The van der Waals surface area contributed by atoms with Gasteiger partial charge in [0.2, 0.25) is 0 Å². The van der Waals surface area contributed by atoms with Crippen molar-refractivity contribution in [3.05, 3.63) is 0 Å². The van der Waals surface area contributed by atoms with Crippen LogP contribution < -0.4 is 5.73 Å². The number of esters is 1. The summed E-state index contributed by atoms with van der Waals surface area (Å²) in [5.41, 5.74) is 4.93. The molecule has 2 N–H and O–H groups in total. The van der Waals surface area contributed by atoms with Gasteiger partial charge in [-0.25, -0.2) is 0 Å². The van der Waals surface area contributed by atoms with E-state index < -0.39 is 5.54 Å². The number of carbonyl (C=O) groups is 1. The van der Waals surface area contributed by atoms with Gasteiger partial charge in [0.1, 0.15) is 5.54 Å². The Hall–Kier alpha value is -0.610. The predicted molar refractivity (Wildman–Crippen MR) is 66.7 cm³/mol. The Balaban J connectivity index is 2.24. The lowest BCUT2D eigenvalue weighted by Gasteiger charge is -2.23. The number of methoxy groups -OCH3 is 1. The maximum absolute atomic E-state index is 11.4. The minimum atomic E-state index is -0.931. The van der Waals surface area contributed by atoms with Crippen molar-refractivity contribution in [1.29, 1.82) is 0 Å². The molecule has 0 bridgehead atoms. The number of ether oxygens (including phenoxy) is 2. The van der Waals surface area contributed by atoms with Crippen molar-refractivity contribution in [2.75, 3.05) is 13.7 Å². The molecule has 100 valence electrons. The van der Waals surface area contributed by atoms with E-state index >= 15 is 0 Å². The average Bonchev–Trinajstić information content (AvgIpc) is 2.56. The minimum absolute atomic E-state index is 0.353. The van der Waals surface area contributed by atoms with Crippen molar-refractivity contribution < 1.29 is 14.3 Å². The van der Waals surface area contributed by atoms with Crippen molar-refractivity contribution in [3.63, 3.8) is 0 Å². The molecule has 1 aliphatic rings. The summed E-state index contributed by atoms with van der Waals surface area (Å²) >= 11 is 0. The zero-order valence-corrected chi connectivity index (χ0v) is 11.0. The lowest BCUT2D eigenvalue weighted by molar-refractivity contribution is -0.147. The van der Waals surface area contributed by atoms with Gasteiger partial charge in [-0.3, -0.25) is 4.79 Å². The van der Waals surface area contributed by atoms with Gasteiger partial charge in [0.25, 0.3) is 0 Å². The van der Waals surface area contributed by atoms with Crippen LogP contribution in [0.25, 0.3) is 0 Å². The highest BCUT2D eigenvalue weighted by Crippen LogP contribution is 2.20. The van der Waals surface area contributed by atoms with E-state index in [9.17, 15) is 4.79 Å². The lowest BCUT2D eigenvalue weighted by atomic mass is 10.0. The smallest absolute Gasteiger partial charge is 0.325 e. The fourth-order valence-corrected chi connectivity index (χ4v) is 2.18. The van der Waals surface area contributed by atoms with Gasteiger partial charge in [0.05, 0.1) is 13.2 Å². The van der Waals surface area contributed by atoms with Crippen LogP contribution in [-0.4, -0.2) is 31.3 Å². The van der Waals surface area contributed by atoms with Crippen LogP contribution >= 0.6 is 0 Å². The predicted octanol–water partition coefficient (Wildman–Crippen LogP) is 2.01. The number of hydrogen-bond acceptors (Lipinski definition) is 4. The van der Waals surface area contributed by atoms with Crippen LogP contribution in [-0.2, 0) is 14.3 Å². The Morgan fingerprint density at radius 3 is 2.41 bits per heavy atom. The summed E-state index contributed by atoms with van der Waals surface area (Å²) < 4.78 is 10.5. The van der Waals surface area contributed by atoms with E-state index in [1.807, 2.05) is 0 Å². The van der Waals surface area contributed by atoms with Crippen molar-refractivity contribution >= 4 is 5.97 Å². The van der Waals surface area contributed by atoms with E-state index in [4.69, 9.17) is 10.5 Å². The average molecular weight is 243 g/mol. The van der Waals surface area contributed by atoms with Gasteiger partial charge < -0.3 is 15.2 Å². The fourth-order valence-electron chi connectivity index (χ4n) is 2.18. The summed E-state index contributed by atoms with van der Waals surface area (Å²) in [7, 11) is 1.36. The summed E-state index contributed by atoms with van der Waals surface area (Å²) in [6, 6.07) is 0. The molecule has 0 spiro atoms. The number of carbonyl (C=O) groups excluding carboxylic acids is 1. The largest absolute Gasteiger partial charge is 0.468 e. The molecule has 0 aromatic heterocycles. The zero-order valence-electron chi connectivity index (χ0n) is 11.0. The van der Waals surface area contributed by atoms with Gasteiger partial charge in [-0.1, -0.05) is 25.7 Å². The van der Waals surface area contributed by atoms with Crippen LogP contribution in [0.1, 0.15) is 51.9 Å². The molecule has 0 saturated heterocycles. The first-order valence-electron chi connectivity index (χ1n) is 6.55. The molecule has 0 aromatic rings. The molecule has 0 aromatic carbocycles. The second kappa shape index (κ2) is 6.97. The summed E-state index contributed by atoms with van der Waals surface area (Å²) in [5.74, 6) is -0.373. The van der Waals surface area contributed by atoms with Gasteiger partial charge in [-0.05, 0) is 26.2 Å². The standard InChI is InChI=1S/C13H25NO3/c1-13(14,12(15)16-2)9-10-17-11-7-5-3-4-6-8-11/h11H,3-10,14H2,1-2H3. The molecule has 1 unspecified atom stereocenters. The number of nitrogens with two attached hydrogens (primary N) is 1. The molecular formula is C13H25NO3. The Bertz CT molecular complexity index is 233. The van der Waals surface area contributed by atoms with Crippen molar-refractivity contribution in [1.82, 2.24) is 0 Å². The summed E-state index contributed by atoms with van der Waals surface area (Å²) in [5, 5.41) is 0. The third-order valence-electron chi connectivity index (χ3n) is 3.43. The molecule has 1 fully saturated rings. The Morgan fingerprint density at radius 1 is 1.29 bits per heavy atom. The summed E-state index contributed by atoms with van der Waals surface area (Å²) in [4.78, 5) is 11.4. The third-order valence-corrected chi connectivity index (χ3v) is 3.43. The van der Waals surface area contributed by atoms with Gasteiger partial charge in [-0.2, -0.15) is 0 Å². The van der Waals surface area contributed by atoms with Crippen LogP contribution in [0.3, 0.4) is 0 Å². The molecule has 0 radical (unpaired) electrons. The van der Waals surface area contributed by atoms with Crippen molar-refractivity contribution in [3.8, 4) is 0 Å². The number of hydrogen-bond donors (Lipinski definition) is 1. The van der Waals surface area contributed by atoms with E-state index in [0.717, 1.165) is 12.8 Å². The highest BCUT2D eigenvalue weighted by molar-refractivity contribution is 5.79. The Morgan fingerprint density at radius 2 is 1.88 bits per heavy atom. The molecule has 4 heteroatoms. The normalized spacial score (nSPS) is 21.6. The molecular weight excluding hydrogens is 218 g/mol. The van der Waals surface area contributed by atoms with Gasteiger partial charge in [0.15, 0.2) is 0 Å². The second-order valence-electron chi connectivity index (χ2n) is 5.14. The molecule has 1 aliphatic carbocycles. The first-order chi connectivity index (χ1) is 8.06. The lowest BCUT2D eigenvalue weighted by Crippen LogP contribution is -2.46. The first kappa shape index (κ1) is 14.5. The Kier molecular flexibility index (Phi) is 5.92. The molecule has 0 amide bonds. The molecule has 0 aliphatic heterocycles. The van der Waals surface area contributed by atoms with E-state index in [1.165, 1.54) is 32.8 Å². The van der Waals surface area contributed by atoms with Gasteiger partial charge in [-0.15, -0.1) is 0 Å². The quantitative estimate of drug-likeness (QED) is 0.592. The summed E-state index contributed by atoms with van der Waals surface area (Å²) in [6.45, 7) is 2.22. The number of rotatable bonds is 5. The summed E-state index contributed by atoms with van der Waals surface area (Å²) in [6.07, 6.45) is 8.27. The molecule has 0 heterocycles. The highest BCUT2D eigenvalue weighted by atomic mass is 16.5. The van der Waals surface area contributed by atoms with Gasteiger partial charge in [0, 0.05) is 6.61 Å². The fraction of sp³-hybridized carbons (Fsp3) is 0.923. The maximum Gasteiger partial charge on any atom is 0.325 e. The Labute approximate surface area is 104 Å². The van der Waals surface area contributed by atoms with E-state index in [0.29, 0.717) is 19.1 Å². The van der Waals surface area contributed by atoms with Crippen molar-refractivity contribution in [2.45, 2.75) is 63.5 Å². The molecule has 4 nitrogen and oxygen atoms in total. The molecule has 17 heavy (non-hydrogen) atoms. The van der Waals surface area contributed by atoms with E-state index in [1.54, 1.807) is 6.92 Å². The molecule has 1 atom stereocenters. The van der Waals surface area contributed by atoms with Crippen LogP contribution in [0.5, 0.6) is 0 Å². The molecule has 1 saturated carbocycles. The monoisotopic (exact) mass is 243 g/mol. The zero-order chi connectivity index (χ0) is 12.7.